The van der Waals surface area contributed by atoms with E-state index >= 15 is 0 Å². The first-order valence-electron chi connectivity index (χ1n) is 7.58. The lowest BCUT2D eigenvalue weighted by Gasteiger charge is -1.90. The molecule has 0 heteroatoms. The normalized spacial score (nSPS) is 12.5. The molecule has 0 fully saturated rings. The predicted molar refractivity (Wildman–Crippen MR) is 89.4 cm³/mol. The van der Waals surface area contributed by atoms with Crippen LogP contribution in [0.1, 0.15) is 58.3 Å². The fourth-order valence-corrected chi connectivity index (χ4v) is 1.67. The topological polar surface area (TPSA) is 0 Å². The summed E-state index contributed by atoms with van der Waals surface area (Å²) in [6.07, 6.45) is 29.2. The first kappa shape index (κ1) is 17.7. The van der Waals surface area contributed by atoms with Crippen molar-refractivity contribution in [1.82, 2.24) is 0 Å². The van der Waals surface area contributed by atoms with Gasteiger partial charge in [0.15, 0.2) is 0 Å². The van der Waals surface area contributed by atoms with E-state index in [4.69, 9.17) is 0 Å². The minimum Gasteiger partial charge on any atom is -0.103 e. The minimum atomic E-state index is 1.09. The molecule has 0 bridgehead atoms. The van der Waals surface area contributed by atoms with Gasteiger partial charge < -0.3 is 0 Å². The first-order valence-corrected chi connectivity index (χ1v) is 7.58. The number of hydrogen-bond acceptors (Lipinski definition) is 0. The Labute approximate surface area is 120 Å². The van der Waals surface area contributed by atoms with Crippen LogP contribution in [0.2, 0.25) is 0 Å². The molecular weight excluding hydrogens is 228 g/mol. The van der Waals surface area contributed by atoms with Crippen molar-refractivity contribution >= 4 is 0 Å². The minimum absolute atomic E-state index is 1.09. The second-order valence-corrected chi connectivity index (χ2v) is 4.58. The van der Waals surface area contributed by atoms with E-state index in [1.807, 2.05) is 6.08 Å². The highest BCUT2D eigenvalue weighted by Gasteiger charge is 1.80. The highest BCUT2D eigenvalue weighted by molar-refractivity contribution is 4.92. The van der Waals surface area contributed by atoms with Gasteiger partial charge in [-0.05, 0) is 58.3 Å². The van der Waals surface area contributed by atoms with Crippen molar-refractivity contribution in [3.8, 4) is 0 Å². The van der Waals surface area contributed by atoms with Crippen LogP contribution in [0.5, 0.6) is 0 Å². The summed E-state index contributed by atoms with van der Waals surface area (Å²) in [5.41, 5.74) is 0. The van der Waals surface area contributed by atoms with Gasteiger partial charge in [-0.3, -0.25) is 0 Å². The van der Waals surface area contributed by atoms with E-state index in [1.165, 1.54) is 25.7 Å². The van der Waals surface area contributed by atoms with E-state index in [0.29, 0.717) is 0 Å². The largest absolute Gasteiger partial charge is 0.103 e. The Morgan fingerprint density at radius 3 is 1.16 bits per heavy atom. The van der Waals surface area contributed by atoms with Gasteiger partial charge in [-0.2, -0.15) is 0 Å². The van der Waals surface area contributed by atoms with Gasteiger partial charge in [0.25, 0.3) is 0 Å². The van der Waals surface area contributed by atoms with Gasteiger partial charge in [-0.25, -0.2) is 0 Å². The third-order valence-electron chi connectivity index (χ3n) is 2.77. The van der Waals surface area contributed by atoms with Crippen LogP contribution in [-0.4, -0.2) is 0 Å². The van der Waals surface area contributed by atoms with Gasteiger partial charge in [0.05, 0.1) is 0 Å². The summed E-state index contributed by atoms with van der Waals surface area (Å²) >= 11 is 0. The summed E-state index contributed by atoms with van der Waals surface area (Å²) in [6, 6.07) is 0. The standard InChI is InChI=1S/C19H30/c1-3-5-7-9-11-13-15-17-19-18-16-14-12-10-8-6-4-2/h3-4,6,9,11-12,14,17,19H,1,5,7-8,10,13,15-16,18H2,2H3. The van der Waals surface area contributed by atoms with Crippen molar-refractivity contribution in [3.63, 3.8) is 0 Å². The molecular formula is C19H30. The fraction of sp³-hybridized carbons (Fsp3) is 0.474. The molecule has 0 aliphatic heterocycles. The van der Waals surface area contributed by atoms with Gasteiger partial charge in [-0.15, -0.1) is 6.58 Å². The molecule has 0 saturated heterocycles. The monoisotopic (exact) mass is 258 g/mol. The Hall–Kier alpha value is -1.30. The maximum absolute atomic E-state index is 3.71. The third-order valence-corrected chi connectivity index (χ3v) is 2.77. The zero-order valence-electron chi connectivity index (χ0n) is 12.6. The van der Waals surface area contributed by atoms with Crippen molar-refractivity contribution in [3.05, 3.63) is 61.3 Å². The smallest absolute Gasteiger partial charge is 0.0316 e. The fourth-order valence-electron chi connectivity index (χ4n) is 1.67. The molecule has 0 aromatic heterocycles. The molecule has 0 unspecified atom stereocenters. The van der Waals surface area contributed by atoms with Crippen molar-refractivity contribution in [2.24, 2.45) is 0 Å². The maximum atomic E-state index is 3.71. The highest BCUT2D eigenvalue weighted by Crippen LogP contribution is 2.00. The number of allylic oxidation sites excluding steroid dienone is 9. The van der Waals surface area contributed by atoms with Crippen LogP contribution in [0.4, 0.5) is 0 Å². The quantitative estimate of drug-likeness (QED) is 0.275. The van der Waals surface area contributed by atoms with E-state index in [9.17, 15) is 0 Å². The van der Waals surface area contributed by atoms with E-state index in [0.717, 1.165) is 25.7 Å². The molecule has 0 nitrogen and oxygen atoms in total. The molecule has 106 valence electrons. The number of hydrogen-bond donors (Lipinski definition) is 0. The molecule has 19 heavy (non-hydrogen) atoms. The Balaban J connectivity index is 3.29. The average Bonchev–Trinajstić information content (AvgIpc) is 2.43. The van der Waals surface area contributed by atoms with Crippen LogP contribution < -0.4 is 0 Å². The lowest BCUT2D eigenvalue weighted by atomic mass is 10.2. The second-order valence-electron chi connectivity index (χ2n) is 4.58. The van der Waals surface area contributed by atoms with E-state index < -0.39 is 0 Å². The van der Waals surface area contributed by atoms with E-state index in [2.05, 4.69) is 62.1 Å². The van der Waals surface area contributed by atoms with Gasteiger partial charge in [0, 0.05) is 0 Å². The summed E-state index contributed by atoms with van der Waals surface area (Å²) in [6.45, 7) is 5.78. The van der Waals surface area contributed by atoms with Crippen LogP contribution in [0, 0.1) is 0 Å². The molecule has 0 radical (unpaired) electrons. The Kier molecular flexibility index (Phi) is 15.6. The molecule has 0 aromatic carbocycles. The maximum Gasteiger partial charge on any atom is -0.0316 e. The molecule has 0 aliphatic rings. The lowest BCUT2D eigenvalue weighted by molar-refractivity contribution is 0.978. The van der Waals surface area contributed by atoms with E-state index in [-0.39, 0.29) is 0 Å². The highest BCUT2D eigenvalue weighted by atomic mass is 13.9. The zero-order valence-corrected chi connectivity index (χ0v) is 12.6. The zero-order chi connectivity index (χ0) is 14.0. The van der Waals surface area contributed by atoms with Gasteiger partial charge in [-0.1, -0.05) is 54.7 Å². The summed E-state index contributed by atoms with van der Waals surface area (Å²) in [5, 5.41) is 0. The van der Waals surface area contributed by atoms with E-state index in [1.54, 1.807) is 0 Å². The molecule has 0 saturated carbocycles. The Morgan fingerprint density at radius 2 is 0.842 bits per heavy atom. The van der Waals surface area contributed by atoms with Gasteiger partial charge >= 0.3 is 0 Å². The number of rotatable bonds is 12. The van der Waals surface area contributed by atoms with Gasteiger partial charge in [0.1, 0.15) is 0 Å². The average molecular weight is 258 g/mol. The van der Waals surface area contributed by atoms with Crippen molar-refractivity contribution in [2.45, 2.75) is 58.3 Å². The molecule has 0 rings (SSSR count). The van der Waals surface area contributed by atoms with Crippen LogP contribution in [0.25, 0.3) is 0 Å². The first-order chi connectivity index (χ1) is 9.41. The molecule has 0 spiro atoms. The Morgan fingerprint density at radius 1 is 0.526 bits per heavy atom. The summed E-state index contributed by atoms with van der Waals surface area (Å²) in [4.78, 5) is 0. The van der Waals surface area contributed by atoms with Crippen molar-refractivity contribution in [1.29, 1.82) is 0 Å². The SMILES string of the molecule is C=CCCC=CCCC=CCCC=CCCC=CC. The lowest BCUT2D eigenvalue weighted by Crippen LogP contribution is -1.69. The van der Waals surface area contributed by atoms with Crippen molar-refractivity contribution < 1.29 is 0 Å². The van der Waals surface area contributed by atoms with Crippen LogP contribution in [0.3, 0.4) is 0 Å². The van der Waals surface area contributed by atoms with Gasteiger partial charge in [0.2, 0.25) is 0 Å². The molecule has 0 aliphatic carbocycles. The second kappa shape index (κ2) is 16.7. The molecule has 0 atom stereocenters. The van der Waals surface area contributed by atoms with Crippen LogP contribution in [-0.2, 0) is 0 Å². The van der Waals surface area contributed by atoms with Crippen molar-refractivity contribution in [2.75, 3.05) is 0 Å². The number of unbranched alkanes of at least 4 members (excludes halogenated alkanes) is 4. The third kappa shape index (κ3) is 16.7. The summed E-state index contributed by atoms with van der Waals surface area (Å²) in [7, 11) is 0. The summed E-state index contributed by atoms with van der Waals surface area (Å²) in [5.74, 6) is 0. The molecule has 0 N–H and O–H groups in total. The summed E-state index contributed by atoms with van der Waals surface area (Å²) < 4.78 is 0. The predicted octanol–water partition coefficient (Wildman–Crippen LogP) is 6.54. The Bertz CT molecular complexity index is 289. The molecule has 0 heterocycles. The van der Waals surface area contributed by atoms with Crippen LogP contribution in [0.15, 0.2) is 61.3 Å². The molecule has 0 amide bonds. The molecule has 0 aromatic rings. The van der Waals surface area contributed by atoms with Crippen LogP contribution >= 0.6 is 0 Å².